The standard InChI is InChI=1S/C14H16N2O/c1-3-16-8-7-15-14(16)11(2)9-12-5-4-6-13(17)10-12/h3-8,10-11,17H,1,9H2,2H3. The minimum atomic E-state index is 0.282. The van der Waals surface area contributed by atoms with Crippen LogP contribution in [0.4, 0.5) is 0 Å². The van der Waals surface area contributed by atoms with E-state index in [4.69, 9.17) is 0 Å². The molecule has 0 radical (unpaired) electrons. The number of aromatic hydroxyl groups is 1. The van der Waals surface area contributed by atoms with Crippen LogP contribution in [-0.2, 0) is 6.42 Å². The molecule has 1 aromatic heterocycles. The molecule has 3 heteroatoms. The Kier molecular flexibility index (Phi) is 3.28. The van der Waals surface area contributed by atoms with Crippen LogP contribution in [0, 0.1) is 0 Å². The summed E-state index contributed by atoms with van der Waals surface area (Å²) in [5.74, 6) is 1.58. The fraction of sp³-hybridized carbons (Fsp3) is 0.214. The lowest BCUT2D eigenvalue weighted by molar-refractivity contribution is 0.474. The van der Waals surface area contributed by atoms with E-state index in [9.17, 15) is 5.11 Å². The Hall–Kier alpha value is -2.03. The largest absolute Gasteiger partial charge is 0.508 e. The van der Waals surface area contributed by atoms with E-state index in [1.165, 1.54) is 0 Å². The van der Waals surface area contributed by atoms with Gasteiger partial charge >= 0.3 is 0 Å². The zero-order valence-electron chi connectivity index (χ0n) is 9.87. The second kappa shape index (κ2) is 4.87. The highest BCUT2D eigenvalue weighted by Crippen LogP contribution is 2.21. The lowest BCUT2D eigenvalue weighted by Gasteiger charge is -2.11. The first-order chi connectivity index (χ1) is 8.20. The van der Waals surface area contributed by atoms with Crippen LogP contribution in [0.15, 0.2) is 43.2 Å². The fourth-order valence-corrected chi connectivity index (χ4v) is 1.99. The summed E-state index contributed by atoms with van der Waals surface area (Å²) in [5.41, 5.74) is 1.11. The molecule has 0 amide bonds. The SMILES string of the molecule is C=Cn1ccnc1C(C)Cc1cccc(O)c1. The summed E-state index contributed by atoms with van der Waals surface area (Å²) in [6.07, 6.45) is 6.26. The number of nitrogens with zero attached hydrogens (tertiary/aromatic N) is 2. The van der Waals surface area contributed by atoms with Crippen molar-refractivity contribution >= 4 is 6.20 Å². The number of benzene rings is 1. The lowest BCUT2D eigenvalue weighted by Crippen LogP contribution is -2.04. The highest BCUT2D eigenvalue weighted by Gasteiger charge is 2.11. The summed E-state index contributed by atoms with van der Waals surface area (Å²) < 4.78 is 1.92. The van der Waals surface area contributed by atoms with Crippen molar-refractivity contribution in [3.63, 3.8) is 0 Å². The number of hydrogen-bond donors (Lipinski definition) is 1. The molecule has 2 aromatic rings. The molecule has 0 saturated carbocycles. The molecule has 1 heterocycles. The number of phenolic OH excluding ortho intramolecular Hbond substituents is 1. The fourth-order valence-electron chi connectivity index (χ4n) is 1.99. The normalized spacial score (nSPS) is 12.3. The molecule has 2 rings (SSSR count). The van der Waals surface area contributed by atoms with Gasteiger partial charge in [0.05, 0.1) is 0 Å². The molecule has 1 atom stereocenters. The van der Waals surface area contributed by atoms with E-state index in [-0.39, 0.29) is 5.92 Å². The van der Waals surface area contributed by atoms with Crippen molar-refractivity contribution in [3.05, 3.63) is 54.6 Å². The molecule has 3 nitrogen and oxygen atoms in total. The highest BCUT2D eigenvalue weighted by atomic mass is 16.3. The van der Waals surface area contributed by atoms with Gasteiger partial charge in [-0.05, 0) is 24.1 Å². The van der Waals surface area contributed by atoms with Gasteiger partial charge in [-0.3, -0.25) is 0 Å². The number of imidazole rings is 1. The molecule has 0 aliphatic heterocycles. The van der Waals surface area contributed by atoms with Gasteiger partial charge in [0.25, 0.3) is 0 Å². The van der Waals surface area contributed by atoms with Crippen LogP contribution in [-0.4, -0.2) is 14.7 Å². The molecule has 1 N–H and O–H groups in total. The highest BCUT2D eigenvalue weighted by molar-refractivity contribution is 5.29. The third kappa shape index (κ3) is 2.56. The average Bonchev–Trinajstić information content (AvgIpc) is 2.77. The van der Waals surface area contributed by atoms with Gasteiger partial charge in [0.15, 0.2) is 0 Å². The van der Waals surface area contributed by atoms with Crippen LogP contribution < -0.4 is 0 Å². The first-order valence-corrected chi connectivity index (χ1v) is 5.64. The molecule has 0 spiro atoms. The van der Waals surface area contributed by atoms with Crippen LogP contribution in [0.3, 0.4) is 0 Å². The van der Waals surface area contributed by atoms with Gasteiger partial charge in [-0.1, -0.05) is 25.6 Å². The zero-order chi connectivity index (χ0) is 12.3. The van der Waals surface area contributed by atoms with Gasteiger partial charge in [0.1, 0.15) is 11.6 Å². The molecule has 0 aliphatic carbocycles. The van der Waals surface area contributed by atoms with E-state index in [0.717, 1.165) is 17.8 Å². The minimum absolute atomic E-state index is 0.282. The second-order valence-electron chi connectivity index (χ2n) is 4.15. The van der Waals surface area contributed by atoms with Crippen LogP contribution in [0.1, 0.15) is 24.2 Å². The summed E-state index contributed by atoms with van der Waals surface area (Å²) in [6.45, 7) is 5.87. The van der Waals surface area contributed by atoms with Crippen molar-refractivity contribution in [1.29, 1.82) is 0 Å². The smallest absolute Gasteiger partial charge is 0.115 e. The van der Waals surface area contributed by atoms with E-state index < -0.39 is 0 Å². The van der Waals surface area contributed by atoms with Crippen molar-refractivity contribution in [2.24, 2.45) is 0 Å². The molecule has 1 aromatic carbocycles. The minimum Gasteiger partial charge on any atom is -0.508 e. The first kappa shape index (κ1) is 11.5. The van der Waals surface area contributed by atoms with E-state index in [1.807, 2.05) is 22.9 Å². The topological polar surface area (TPSA) is 38.0 Å². The molecule has 0 bridgehead atoms. The van der Waals surface area contributed by atoms with Gasteiger partial charge in [-0.15, -0.1) is 0 Å². The molecule has 0 fully saturated rings. The predicted octanol–water partition coefficient (Wildman–Crippen LogP) is 3.04. The quantitative estimate of drug-likeness (QED) is 0.873. The Bertz CT molecular complexity index is 516. The molecular weight excluding hydrogens is 212 g/mol. The lowest BCUT2D eigenvalue weighted by atomic mass is 10.0. The summed E-state index contributed by atoms with van der Waals surface area (Å²) in [7, 11) is 0. The monoisotopic (exact) mass is 228 g/mol. The Balaban J connectivity index is 2.17. The summed E-state index contributed by atoms with van der Waals surface area (Å²) in [4.78, 5) is 4.33. The van der Waals surface area contributed by atoms with E-state index in [0.29, 0.717) is 5.75 Å². The molecule has 0 aliphatic rings. The Morgan fingerprint density at radius 1 is 1.53 bits per heavy atom. The molecule has 0 saturated heterocycles. The Morgan fingerprint density at radius 2 is 2.35 bits per heavy atom. The molecular formula is C14H16N2O. The van der Waals surface area contributed by atoms with Gasteiger partial charge in [-0.2, -0.15) is 0 Å². The van der Waals surface area contributed by atoms with Gasteiger partial charge in [0.2, 0.25) is 0 Å². The van der Waals surface area contributed by atoms with Gasteiger partial charge < -0.3 is 9.67 Å². The third-order valence-corrected chi connectivity index (χ3v) is 2.79. The predicted molar refractivity (Wildman–Crippen MR) is 68.8 cm³/mol. The second-order valence-corrected chi connectivity index (χ2v) is 4.15. The zero-order valence-corrected chi connectivity index (χ0v) is 9.87. The summed E-state index contributed by atoms with van der Waals surface area (Å²) in [6, 6.07) is 7.34. The maximum Gasteiger partial charge on any atom is 0.115 e. The van der Waals surface area contributed by atoms with Crippen molar-refractivity contribution in [2.45, 2.75) is 19.3 Å². The average molecular weight is 228 g/mol. The van der Waals surface area contributed by atoms with Crippen LogP contribution >= 0.6 is 0 Å². The summed E-state index contributed by atoms with van der Waals surface area (Å²) >= 11 is 0. The number of rotatable bonds is 4. The third-order valence-electron chi connectivity index (χ3n) is 2.79. The molecule has 1 unspecified atom stereocenters. The maximum atomic E-state index is 9.42. The van der Waals surface area contributed by atoms with Crippen molar-refractivity contribution < 1.29 is 5.11 Å². The number of hydrogen-bond acceptors (Lipinski definition) is 2. The van der Waals surface area contributed by atoms with Gasteiger partial charge in [0, 0.05) is 24.5 Å². The number of phenols is 1. The first-order valence-electron chi connectivity index (χ1n) is 5.64. The van der Waals surface area contributed by atoms with Crippen molar-refractivity contribution in [3.8, 4) is 5.75 Å². The summed E-state index contributed by atoms with van der Waals surface area (Å²) in [5, 5.41) is 9.42. The molecule has 17 heavy (non-hydrogen) atoms. The van der Waals surface area contributed by atoms with E-state index in [2.05, 4.69) is 18.5 Å². The maximum absolute atomic E-state index is 9.42. The van der Waals surface area contributed by atoms with E-state index >= 15 is 0 Å². The van der Waals surface area contributed by atoms with Gasteiger partial charge in [-0.25, -0.2) is 4.98 Å². The van der Waals surface area contributed by atoms with E-state index in [1.54, 1.807) is 24.5 Å². The molecule has 88 valence electrons. The van der Waals surface area contributed by atoms with Crippen molar-refractivity contribution in [1.82, 2.24) is 9.55 Å². The van der Waals surface area contributed by atoms with Crippen LogP contribution in [0.2, 0.25) is 0 Å². The van der Waals surface area contributed by atoms with Crippen LogP contribution in [0.25, 0.3) is 6.20 Å². The Morgan fingerprint density at radius 3 is 3.06 bits per heavy atom. The number of aromatic nitrogens is 2. The Labute approximate surface area is 101 Å². The van der Waals surface area contributed by atoms with Crippen molar-refractivity contribution in [2.75, 3.05) is 0 Å². The van der Waals surface area contributed by atoms with Crippen LogP contribution in [0.5, 0.6) is 5.75 Å².